The van der Waals surface area contributed by atoms with E-state index in [0.717, 1.165) is 6.07 Å². The average Bonchev–Trinajstić information content (AvgIpc) is 2.99. The quantitative estimate of drug-likeness (QED) is 0.875. The zero-order chi connectivity index (χ0) is 15.4. The Hall–Kier alpha value is -0.990. The van der Waals surface area contributed by atoms with Gasteiger partial charge in [-0.3, -0.25) is 4.79 Å². The Bertz CT molecular complexity index is 708. The third kappa shape index (κ3) is 2.29. The summed E-state index contributed by atoms with van der Waals surface area (Å²) < 4.78 is 41.0. The van der Waals surface area contributed by atoms with Gasteiger partial charge in [-0.05, 0) is 37.5 Å². The summed E-state index contributed by atoms with van der Waals surface area (Å²) in [5.74, 6) is -2.51. The molecule has 5 nitrogen and oxygen atoms in total. The van der Waals surface area contributed by atoms with Gasteiger partial charge in [0.05, 0.1) is 5.92 Å². The Morgan fingerprint density at radius 2 is 2.10 bits per heavy atom. The summed E-state index contributed by atoms with van der Waals surface area (Å²) in [7, 11) is -4.03. The second kappa shape index (κ2) is 5.03. The van der Waals surface area contributed by atoms with Gasteiger partial charge >= 0.3 is 5.97 Å². The fourth-order valence-corrected chi connectivity index (χ4v) is 5.89. The lowest BCUT2D eigenvalue weighted by atomic mass is 9.89. The zero-order valence-corrected chi connectivity index (χ0v) is 13.3. The fourth-order valence-electron chi connectivity index (χ4n) is 3.37. The SMILES string of the molecule is O=C(O)C1CC2CCC1N2S(=O)(=O)c1cc(Br)ccc1F. The van der Waals surface area contributed by atoms with Crippen LogP contribution in [0, 0.1) is 11.7 Å². The van der Waals surface area contributed by atoms with Crippen molar-refractivity contribution in [3.8, 4) is 0 Å². The zero-order valence-electron chi connectivity index (χ0n) is 10.9. The van der Waals surface area contributed by atoms with E-state index in [1.165, 1.54) is 16.4 Å². The summed E-state index contributed by atoms with van der Waals surface area (Å²) in [5, 5.41) is 9.19. The fraction of sp³-hybridized carbons (Fsp3) is 0.462. The van der Waals surface area contributed by atoms with Gasteiger partial charge in [-0.2, -0.15) is 4.31 Å². The van der Waals surface area contributed by atoms with Crippen LogP contribution in [0.25, 0.3) is 0 Å². The van der Waals surface area contributed by atoms with Crippen molar-refractivity contribution in [1.29, 1.82) is 0 Å². The van der Waals surface area contributed by atoms with Gasteiger partial charge in [0.2, 0.25) is 10.0 Å². The molecule has 2 bridgehead atoms. The Balaban J connectivity index is 2.04. The number of sulfonamides is 1. The molecule has 3 rings (SSSR count). The van der Waals surface area contributed by atoms with Crippen LogP contribution in [0.2, 0.25) is 0 Å². The van der Waals surface area contributed by atoms with E-state index in [9.17, 15) is 22.7 Å². The van der Waals surface area contributed by atoms with Crippen LogP contribution in [-0.4, -0.2) is 35.9 Å². The minimum absolute atomic E-state index is 0.300. The lowest BCUT2D eigenvalue weighted by Gasteiger charge is -2.22. The molecule has 3 atom stereocenters. The molecule has 0 radical (unpaired) electrons. The van der Waals surface area contributed by atoms with Crippen molar-refractivity contribution in [1.82, 2.24) is 4.31 Å². The molecule has 21 heavy (non-hydrogen) atoms. The molecule has 2 saturated heterocycles. The summed E-state index contributed by atoms with van der Waals surface area (Å²) in [4.78, 5) is 10.8. The number of hydrogen-bond donors (Lipinski definition) is 1. The number of halogens is 2. The third-order valence-electron chi connectivity index (χ3n) is 4.24. The number of carboxylic acid groups (broad SMARTS) is 1. The molecule has 2 heterocycles. The number of fused-ring (bicyclic) bond motifs is 2. The van der Waals surface area contributed by atoms with Crippen molar-refractivity contribution in [3.05, 3.63) is 28.5 Å². The number of nitrogens with zero attached hydrogens (tertiary/aromatic N) is 1. The Labute approximate surface area is 129 Å². The molecular weight excluding hydrogens is 365 g/mol. The number of hydrogen-bond acceptors (Lipinski definition) is 3. The van der Waals surface area contributed by atoms with E-state index in [4.69, 9.17) is 0 Å². The standard InChI is InChI=1S/C13H13BrFNO4S/c14-7-1-3-10(15)12(5-7)21(19,20)16-8-2-4-11(16)9(6-8)13(17)18/h1,3,5,8-9,11H,2,4,6H2,(H,17,18). The van der Waals surface area contributed by atoms with Crippen molar-refractivity contribution in [2.75, 3.05) is 0 Å². The van der Waals surface area contributed by atoms with Crippen molar-refractivity contribution in [2.45, 2.75) is 36.2 Å². The number of carboxylic acids is 1. The van der Waals surface area contributed by atoms with E-state index >= 15 is 0 Å². The van der Waals surface area contributed by atoms with Gasteiger partial charge in [0.1, 0.15) is 10.7 Å². The first-order valence-electron chi connectivity index (χ1n) is 6.54. The summed E-state index contributed by atoms with van der Waals surface area (Å²) in [6.45, 7) is 0. The van der Waals surface area contributed by atoms with E-state index in [0.29, 0.717) is 23.7 Å². The van der Waals surface area contributed by atoms with Crippen LogP contribution >= 0.6 is 15.9 Å². The molecule has 1 aromatic carbocycles. The van der Waals surface area contributed by atoms with Crippen LogP contribution in [0.5, 0.6) is 0 Å². The molecular formula is C13H13BrFNO4S. The predicted octanol–water partition coefficient (Wildman–Crippen LogP) is 2.21. The molecule has 3 unspecified atom stereocenters. The number of carbonyl (C=O) groups is 1. The maximum Gasteiger partial charge on any atom is 0.308 e. The van der Waals surface area contributed by atoms with Crippen LogP contribution < -0.4 is 0 Å². The van der Waals surface area contributed by atoms with Crippen molar-refractivity contribution >= 4 is 31.9 Å². The molecule has 114 valence electrons. The van der Waals surface area contributed by atoms with Gasteiger partial charge in [0, 0.05) is 16.6 Å². The summed E-state index contributed by atoms with van der Waals surface area (Å²) in [5.41, 5.74) is 0. The van der Waals surface area contributed by atoms with Gasteiger partial charge in [-0.15, -0.1) is 0 Å². The smallest absolute Gasteiger partial charge is 0.308 e. The summed E-state index contributed by atoms with van der Waals surface area (Å²) >= 11 is 3.13. The van der Waals surface area contributed by atoms with Crippen LogP contribution in [0.3, 0.4) is 0 Å². The molecule has 0 saturated carbocycles. The first kappa shape index (κ1) is 14.9. The highest BCUT2D eigenvalue weighted by Gasteiger charge is 2.54. The summed E-state index contributed by atoms with van der Waals surface area (Å²) in [6, 6.07) is 2.81. The number of rotatable bonds is 3. The Morgan fingerprint density at radius 1 is 1.38 bits per heavy atom. The van der Waals surface area contributed by atoms with Crippen LogP contribution in [0.1, 0.15) is 19.3 Å². The summed E-state index contributed by atoms with van der Waals surface area (Å²) in [6.07, 6.45) is 1.44. The first-order chi connectivity index (χ1) is 9.82. The van der Waals surface area contributed by atoms with E-state index in [1.807, 2.05) is 0 Å². The second-order valence-electron chi connectivity index (χ2n) is 5.39. The molecule has 0 spiro atoms. The lowest BCUT2D eigenvalue weighted by Crippen LogP contribution is -2.38. The third-order valence-corrected chi connectivity index (χ3v) is 6.72. The number of benzene rings is 1. The molecule has 2 aliphatic rings. The van der Waals surface area contributed by atoms with Crippen LogP contribution in [-0.2, 0) is 14.8 Å². The molecule has 8 heteroatoms. The van der Waals surface area contributed by atoms with Gasteiger partial charge < -0.3 is 5.11 Å². The van der Waals surface area contributed by atoms with Gasteiger partial charge in [0.25, 0.3) is 0 Å². The highest BCUT2D eigenvalue weighted by atomic mass is 79.9. The average molecular weight is 378 g/mol. The largest absolute Gasteiger partial charge is 0.481 e. The maximum absolute atomic E-state index is 13.9. The van der Waals surface area contributed by atoms with Crippen molar-refractivity contribution < 1.29 is 22.7 Å². The van der Waals surface area contributed by atoms with Crippen LogP contribution in [0.4, 0.5) is 4.39 Å². The van der Waals surface area contributed by atoms with E-state index in [2.05, 4.69) is 15.9 Å². The van der Waals surface area contributed by atoms with Crippen molar-refractivity contribution in [3.63, 3.8) is 0 Å². The van der Waals surface area contributed by atoms with Crippen LogP contribution in [0.15, 0.2) is 27.6 Å². The second-order valence-corrected chi connectivity index (χ2v) is 8.12. The highest BCUT2D eigenvalue weighted by Crippen LogP contribution is 2.45. The molecule has 0 aromatic heterocycles. The number of aliphatic carboxylic acids is 1. The minimum atomic E-state index is -4.03. The minimum Gasteiger partial charge on any atom is -0.481 e. The van der Waals surface area contributed by atoms with Gasteiger partial charge in [-0.25, -0.2) is 12.8 Å². The normalized spacial score (nSPS) is 29.0. The topological polar surface area (TPSA) is 74.7 Å². The molecule has 1 aromatic rings. The molecule has 0 aliphatic carbocycles. The molecule has 2 fully saturated rings. The molecule has 2 aliphatic heterocycles. The van der Waals surface area contributed by atoms with Gasteiger partial charge in [-0.1, -0.05) is 15.9 Å². The maximum atomic E-state index is 13.9. The predicted molar refractivity (Wildman–Crippen MR) is 75.7 cm³/mol. The molecule has 1 N–H and O–H groups in total. The van der Waals surface area contributed by atoms with E-state index in [-0.39, 0.29) is 6.04 Å². The van der Waals surface area contributed by atoms with E-state index < -0.39 is 38.7 Å². The first-order valence-corrected chi connectivity index (χ1v) is 8.77. The van der Waals surface area contributed by atoms with Gasteiger partial charge in [0.15, 0.2) is 0 Å². The Morgan fingerprint density at radius 3 is 2.71 bits per heavy atom. The van der Waals surface area contributed by atoms with E-state index in [1.54, 1.807) is 0 Å². The Kier molecular flexibility index (Phi) is 3.58. The highest BCUT2D eigenvalue weighted by molar-refractivity contribution is 9.10. The lowest BCUT2D eigenvalue weighted by molar-refractivity contribution is -0.142. The monoisotopic (exact) mass is 377 g/mol. The van der Waals surface area contributed by atoms with Crippen molar-refractivity contribution in [2.24, 2.45) is 5.92 Å². The molecule has 0 amide bonds.